The summed E-state index contributed by atoms with van der Waals surface area (Å²) < 4.78 is 49.4. The van der Waals surface area contributed by atoms with Crippen molar-refractivity contribution < 1.29 is 32.3 Å². The number of hydrogen-bond donors (Lipinski definition) is 0. The summed E-state index contributed by atoms with van der Waals surface area (Å²) in [6.45, 7) is 7.68. The number of benzene rings is 2. The fourth-order valence-electron chi connectivity index (χ4n) is 7.19. The van der Waals surface area contributed by atoms with E-state index >= 15 is 0 Å². The number of hydrogen-bond acceptors (Lipinski definition) is 6. The maximum Gasteiger partial charge on any atom is 0.434 e. The van der Waals surface area contributed by atoms with Crippen LogP contribution in [0.4, 0.5) is 23.7 Å². The predicted molar refractivity (Wildman–Crippen MR) is 183 cm³/mol. The molecule has 3 fully saturated rings. The van der Waals surface area contributed by atoms with E-state index < -0.39 is 29.4 Å². The number of aromatic nitrogens is 2. The van der Waals surface area contributed by atoms with Gasteiger partial charge in [0.15, 0.2) is 5.69 Å². The Bertz CT molecular complexity index is 1710. The molecule has 0 N–H and O–H groups in total. The molecular weight excluding hydrogens is 696 g/mol. The maximum atomic E-state index is 14.2. The van der Waals surface area contributed by atoms with Crippen LogP contribution in [0.1, 0.15) is 47.8 Å². The fourth-order valence-corrected chi connectivity index (χ4v) is 7.49. The van der Waals surface area contributed by atoms with Gasteiger partial charge in [0.2, 0.25) is 5.91 Å². The van der Waals surface area contributed by atoms with Gasteiger partial charge in [0.05, 0.1) is 17.4 Å². The van der Waals surface area contributed by atoms with Crippen LogP contribution in [0.15, 0.2) is 48.7 Å². The van der Waals surface area contributed by atoms with Crippen molar-refractivity contribution in [3.8, 4) is 5.69 Å². The van der Waals surface area contributed by atoms with Crippen molar-refractivity contribution in [2.75, 3.05) is 57.3 Å². The van der Waals surface area contributed by atoms with Gasteiger partial charge < -0.3 is 19.4 Å². The number of carbonyl (C=O) groups is 3. The SMILES string of the molecule is CC(=O)N1CCC(OC(=O)N(CCCN2CC3CN(C(=O)c4cnn(-c5ccc(Cl)cc5)c4C(F)(F)F)CC3C2)c2ccc(C)c(Cl)c2)CC1. The van der Waals surface area contributed by atoms with Crippen LogP contribution in [0.2, 0.25) is 10.0 Å². The molecule has 15 heteroatoms. The van der Waals surface area contributed by atoms with Crippen LogP contribution < -0.4 is 4.90 Å². The molecule has 0 spiro atoms. The average Bonchev–Trinajstić information content (AvgIpc) is 3.79. The summed E-state index contributed by atoms with van der Waals surface area (Å²) >= 11 is 12.3. The molecule has 4 heterocycles. The van der Waals surface area contributed by atoms with Gasteiger partial charge in [-0.15, -0.1) is 0 Å². The first-order valence-electron chi connectivity index (χ1n) is 16.7. The van der Waals surface area contributed by atoms with E-state index in [9.17, 15) is 27.6 Å². The van der Waals surface area contributed by atoms with Gasteiger partial charge >= 0.3 is 12.3 Å². The number of rotatable bonds is 8. The van der Waals surface area contributed by atoms with Gasteiger partial charge in [-0.2, -0.15) is 18.3 Å². The molecule has 2 unspecified atom stereocenters. The zero-order valence-corrected chi connectivity index (χ0v) is 29.3. The van der Waals surface area contributed by atoms with Gasteiger partial charge in [-0.05, 0) is 73.7 Å². The van der Waals surface area contributed by atoms with Crippen molar-refractivity contribution in [2.45, 2.75) is 45.4 Å². The van der Waals surface area contributed by atoms with Gasteiger partial charge in [-0.1, -0.05) is 29.3 Å². The molecule has 0 bridgehead atoms. The second-order valence-electron chi connectivity index (χ2n) is 13.3. The highest BCUT2D eigenvalue weighted by atomic mass is 35.5. The third-order valence-electron chi connectivity index (χ3n) is 9.89. The zero-order valence-electron chi connectivity index (χ0n) is 27.8. The number of likely N-dealkylation sites (tertiary alicyclic amines) is 3. The van der Waals surface area contributed by atoms with Crippen LogP contribution in [-0.4, -0.2) is 101 Å². The molecule has 3 aliphatic heterocycles. The average molecular weight is 736 g/mol. The smallest absolute Gasteiger partial charge is 0.434 e. The monoisotopic (exact) mass is 734 g/mol. The lowest BCUT2D eigenvalue weighted by Crippen LogP contribution is -2.43. The standard InChI is InChI=1S/C35H39Cl2F3N6O4/c1-22-4-7-28(16-31(22)37)45(34(49)50-29-10-14-43(15-11-29)23(2)47)13-3-12-42-18-24-20-44(21-25(24)19-42)33(48)30-17-41-46(32(30)35(38,39)40)27-8-5-26(36)6-9-27/h4-9,16-17,24-25,29H,3,10-15,18-21H2,1-2H3. The highest BCUT2D eigenvalue weighted by Gasteiger charge is 2.45. The summed E-state index contributed by atoms with van der Waals surface area (Å²) in [7, 11) is 0. The van der Waals surface area contributed by atoms with Crippen molar-refractivity contribution in [1.29, 1.82) is 0 Å². The van der Waals surface area contributed by atoms with Crippen molar-refractivity contribution in [3.05, 3.63) is 75.5 Å². The summed E-state index contributed by atoms with van der Waals surface area (Å²) in [6, 6.07) is 11.2. The molecule has 0 saturated carbocycles. The molecule has 3 aromatic rings. The molecule has 2 atom stereocenters. The van der Waals surface area contributed by atoms with E-state index in [1.165, 1.54) is 36.1 Å². The molecule has 3 aliphatic rings. The summed E-state index contributed by atoms with van der Waals surface area (Å²) in [5.41, 5.74) is 0.0974. The number of ether oxygens (including phenoxy) is 1. The Morgan fingerprint density at radius 1 is 0.960 bits per heavy atom. The molecule has 2 aromatic carbocycles. The zero-order chi connectivity index (χ0) is 35.7. The molecule has 1 aromatic heterocycles. The predicted octanol–water partition coefficient (Wildman–Crippen LogP) is 6.55. The van der Waals surface area contributed by atoms with Crippen LogP contribution in [-0.2, 0) is 15.7 Å². The Kier molecular flexibility index (Phi) is 10.7. The molecule has 3 amide bonds. The Labute approximate surface area is 298 Å². The minimum absolute atomic E-state index is 0.00823. The third-order valence-corrected chi connectivity index (χ3v) is 10.5. The molecule has 3 saturated heterocycles. The highest BCUT2D eigenvalue weighted by molar-refractivity contribution is 6.31. The topological polar surface area (TPSA) is 91.2 Å². The number of nitrogens with zero attached hydrogens (tertiary/aromatic N) is 6. The lowest BCUT2D eigenvalue weighted by molar-refractivity contribution is -0.143. The largest absolute Gasteiger partial charge is 0.446 e. The van der Waals surface area contributed by atoms with E-state index in [2.05, 4.69) is 10.00 Å². The number of carbonyl (C=O) groups excluding carboxylic acids is 3. The van der Waals surface area contributed by atoms with Gasteiger partial charge in [-0.3, -0.25) is 14.5 Å². The maximum absolute atomic E-state index is 14.2. The van der Waals surface area contributed by atoms with Crippen LogP contribution in [0.3, 0.4) is 0 Å². The van der Waals surface area contributed by atoms with Gasteiger partial charge in [-0.25, -0.2) is 9.48 Å². The minimum Gasteiger partial charge on any atom is -0.446 e. The number of aryl methyl sites for hydroxylation is 1. The quantitative estimate of drug-likeness (QED) is 0.261. The molecule has 6 rings (SSSR count). The number of alkyl halides is 3. The number of amides is 3. The van der Waals surface area contributed by atoms with Crippen LogP contribution in [0.25, 0.3) is 5.69 Å². The van der Waals surface area contributed by atoms with Gasteiger partial charge in [0.1, 0.15) is 6.10 Å². The van der Waals surface area contributed by atoms with E-state index in [0.717, 1.165) is 16.4 Å². The number of fused-ring (bicyclic) bond motifs is 1. The van der Waals surface area contributed by atoms with Crippen LogP contribution >= 0.6 is 23.2 Å². The van der Waals surface area contributed by atoms with Gasteiger partial charge in [0.25, 0.3) is 5.91 Å². The molecule has 10 nitrogen and oxygen atoms in total. The Morgan fingerprint density at radius 3 is 2.22 bits per heavy atom. The Hall–Kier alpha value is -3.81. The van der Waals surface area contributed by atoms with Crippen LogP contribution in [0.5, 0.6) is 0 Å². The lowest BCUT2D eigenvalue weighted by atomic mass is 10.0. The van der Waals surface area contributed by atoms with Crippen molar-refractivity contribution >= 4 is 46.8 Å². The third kappa shape index (κ3) is 7.89. The van der Waals surface area contributed by atoms with Crippen molar-refractivity contribution in [3.63, 3.8) is 0 Å². The number of piperidine rings is 1. The second-order valence-corrected chi connectivity index (χ2v) is 14.2. The second kappa shape index (κ2) is 14.8. The van der Waals surface area contributed by atoms with Crippen LogP contribution in [0, 0.1) is 18.8 Å². The summed E-state index contributed by atoms with van der Waals surface area (Å²) in [6.07, 6.45) is -2.76. The van der Waals surface area contributed by atoms with E-state index in [0.29, 0.717) is 87.4 Å². The molecule has 0 radical (unpaired) electrons. The summed E-state index contributed by atoms with van der Waals surface area (Å²) in [5, 5.41) is 4.85. The number of anilines is 1. The lowest BCUT2D eigenvalue weighted by Gasteiger charge is -2.32. The molecule has 268 valence electrons. The normalized spacial score (nSPS) is 19.9. The fraction of sp³-hybridized carbons (Fsp3) is 0.486. The first-order chi connectivity index (χ1) is 23.8. The number of halogens is 5. The van der Waals surface area contributed by atoms with E-state index in [4.69, 9.17) is 27.9 Å². The van der Waals surface area contributed by atoms with E-state index in [1.807, 2.05) is 19.1 Å². The Balaban J connectivity index is 1.05. The van der Waals surface area contributed by atoms with Crippen molar-refractivity contribution in [2.24, 2.45) is 11.8 Å². The van der Waals surface area contributed by atoms with E-state index in [-0.39, 0.29) is 29.5 Å². The van der Waals surface area contributed by atoms with E-state index in [1.54, 1.807) is 15.9 Å². The summed E-state index contributed by atoms with van der Waals surface area (Å²) in [4.78, 5) is 45.8. The molecule has 0 aliphatic carbocycles. The van der Waals surface area contributed by atoms with Gasteiger partial charge in [0, 0.05) is 81.3 Å². The first kappa shape index (κ1) is 36.0. The first-order valence-corrected chi connectivity index (χ1v) is 17.5. The molecular formula is C35H39Cl2F3N6O4. The summed E-state index contributed by atoms with van der Waals surface area (Å²) in [5.74, 6) is -0.430. The van der Waals surface area contributed by atoms with Crippen molar-refractivity contribution in [1.82, 2.24) is 24.5 Å². The molecule has 50 heavy (non-hydrogen) atoms. The highest BCUT2D eigenvalue weighted by Crippen LogP contribution is 2.37. The minimum atomic E-state index is -4.80. The Morgan fingerprint density at radius 2 is 1.62 bits per heavy atom.